The highest BCUT2D eigenvalue weighted by molar-refractivity contribution is 5.63. The number of fused-ring (bicyclic) bond motifs is 8. The molecule has 1 aliphatic rings. The van der Waals surface area contributed by atoms with Crippen molar-refractivity contribution < 1.29 is 18.9 Å². The van der Waals surface area contributed by atoms with Gasteiger partial charge < -0.3 is 30.4 Å². The van der Waals surface area contributed by atoms with Crippen molar-refractivity contribution in [3.8, 4) is 23.0 Å². The Morgan fingerprint density at radius 1 is 0.389 bits per heavy atom. The molecule has 0 saturated heterocycles. The van der Waals surface area contributed by atoms with Gasteiger partial charge in [0.25, 0.3) is 0 Å². The van der Waals surface area contributed by atoms with Gasteiger partial charge in [-0.15, -0.1) is 0 Å². The predicted octanol–water partition coefficient (Wildman–Crippen LogP) is 11.3. The van der Waals surface area contributed by atoms with Gasteiger partial charge in [0, 0.05) is 59.3 Å². The summed E-state index contributed by atoms with van der Waals surface area (Å²) in [7, 11) is 0. The lowest BCUT2D eigenvalue weighted by atomic mass is 9.81. The summed E-state index contributed by atoms with van der Waals surface area (Å²) in [5, 5.41) is 0. The van der Waals surface area contributed by atoms with E-state index in [1.54, 1.807) is 0 Å². The number of nitrogen functional groups attached to an aromatic ring is 2. The Kier molecular flexibility index (Phi) is 13.2. The summed E-state index contributed by atoms with van der Waals surface area (Å²) >= 11 is 0. The standard InChI is InChI=1S/C48H66N2O4/c1-11-15-51-43-31-19-32-24-40(48(8,9)10)26-34(44(32)52-16-12-2)21-36-28-42(50)30-38(46(36)54-18-14-4)22-37-29-41(49)27-35(45(37)53-17-13-3)20-33(43)25-39(23-31)47(5,6)7/h23-30H,11-22,49-50H2,1-10H3. The molecule has 0 amide bonds. The molecule has 0 saturated carbocycles. The van der Waals surface area contributed by atoms with E-state index in [0.717, 1.165) is 93.2 Å². The van der Waals surface area contributed by atoms with Gasteiger partial charge in [-0.25, -0.2) is 0 Å². The molecule has 0 fully saturated rings. The first-order valence-corrected chi connectivity index (χ1v) is 20.3. The second kappa shape index (κ2) is 17.4. The predicted molar refractivity (Wildman–Crippen MR) is 226 cm³/mol. The molecule has 0 spiro atoms. The molecule has 0 unspecified atom stereocenters. The lowest BCUT2D eigenvalue weighted by Crippen LogP contribution is -2.16. The summed E-state index contributed by atoms with van der Waals surface area (Å²) in [4.78, 5) is 0. The third-order valence-electron chi connectivity index (χ3n) is 10.1. The molecule has 0 aromatic heterocycles. The van der Waals surface area contributed by atoms with E-state index in [2.05, 4.69) is 118 Å². The van der Waals surface area contributed by atoms with E-state index in [9.17, 15) is 0 Å². The second-order valence-electron chi connectivity index (χ2n) is 17.2. The van der Waals surface area contributed by atoms with E-state index < -0.39 is 0 Å². The zero-order valence-corrected chi connectivity index (χ0v) is 34.9. The molecule has 6 heteroatoms. The molecule has 1 aliphatic carbocycles. The van der Waals surface area contributed by atoms with E-state index in [1.807, 2.05) is 0 Å². The van der Waals surface area contributed by atoms with Crippen molar-refractivity contribution in [3.63, 3.8) is 0 Å². The van der Waals surface area contributed by atoms with Gasteiger partial charge in [0.15, 0.2) is 0 Å². The molecule has 292 valence electrons. The molecule has 54 heavy (non-hydrogen) atoms. The Morgan fingerprint density at radius 3 is 0.778 bits per heavy atom. The lowest BCUT2D eigenvalue weighted by Gasteiger charge is -2.28. The highest BCUT2D eigenvalue weighted by Crippen LogP contribution is 2.43. The van der Waals surface area contributed by atoms with Crippen molar-refractivity contribution >= 4 is 11.4 Å². The topological polar surface area (TPSA) is 89.0 Å². The maximum absolute atomic E-state index is 6.80. The average molecular weight is 735 g/mol. The number of ether oxygens (including phenoxy) is 4. The van der Waals surface area contributed by atoms with Crippen LogP contribution >= 0.6 is 0 Å². The minimum atomic E-state index is -0.0897. The van der Waals surface area contributed by atoms with Crippen LogP contribution in [0.5, 0.6) is 23.0 Å². The summed E-state index contributed by atoms with van der Waals surface area (Å²) in [5.74, 6) is 3.64. The highest BCUT2D eigenvalue weighted by Gasteiger charge is 2.27. The minimum absolute atomic E-state index is 0.0897. The molecule has 0 heterocycles. The fourth-order valence-electron chi connectivity index (χ4n) is 7.37. The number of anilines is 2. The molecule has 0 aliphatic heterocycles. The molecular weight excluding hydrogens is 669 g/mol. The number of benzene rings is 4. The zero-order chi connectivity index (χ0) is 39.2. The molecule has 8 bridgehead atoms. The first-order valence-electron chi connectivity index (χ1n) is 20.3. The van der Waals surface area contributed by atoms with Crippen molar-refractivity contribution in [1.82, 2.24) is 0 Å². The van der Waals surface area contributed by atoms with Crippen LogP contribution in [-0.2, 0) is 36.5 Å². The fourth-order valence-corrected chi connectivity index (χ4v) is 7.37. The molecule has 0 radical (unpaired) electrons. The van der Waals surface area contributed by atoms with Crippen LogP contribution in [0.15, 0.2) is 48.5 Å². The summed E-state index contributed by atoms with van der Waals surface area (Å²) in [6, 6.07) is 17.7. The second-order valence-corrected chi connectivity index (χ2v) is 17.2. The molecule has 6 nitrogen and oxygen atoms in total. The SMILES string of the molecule is CCCOc1c2cc(N)cc1Cc1cc(C(C)(C)C)cc(c1OCCC)Cc1cc(C(C)(C)C)cc(c1OCCC)Cc1cc(N)cc(c1OCCC)C2. The van der Waals surface area contributed by atoms with Gasteiger partial charge >= 0.3 is 0 Å². The number of rotatable bonds is 12. The number of hydrogen-bond donors (Lipinski definition) is 2. The molecular formula is C48H66N2O4. The first-order chi connectivity index (χ1) is 25.7. The van der Waals surface area contributed by atoms with Gasteiger partial charge in [-0.3, -0.25) is 0 Å². The first kappa shape index (κ1) is 40.9. The molecule has 4 N–H and O–H groups in total. The third-order valence-corrected chi connectivity index (χ3v) is 10.1. The fraction of sp³-hybridized carbons (Fsp3) is 0.500. The van der Waals surface area contributed by atoms with Crippen LogP contribution < -0.4 is 30.4 Å². The Balaban J connectivity index is 1.93. The Labute approximate surface area is 325 Å². The number of nitrogens with two attached hydrogens (primary N) is 2. The van der Waals surface area contributed by atoms with Gasteiger partial charge in [-0.05, 0) is 94.2 Å². The normalized spacial score (nSPS) is 13.1. The zero-order valence-electron chi connectivity index (χ0n) is 34.9. The van der Waals surface area contributed by atoms with Crippen LogP contribution in [0.25, 0.3) is 0 Å². The van der Waals surface area contributed by atoms with Crippen molar-refractivity contribution in [2.24, 2.45) is 0 Å². The monoisotopic (exact) mass is 735 g/mol. The van der Waals surface area contributed by atoms with E-state index in [1.165, 1.54) is 11.1 Å². The Bertz CT molecular complexity index is 1780. The van der Waals surface area contributed by atoms with Crippen molar-refractivity contribution in [1.29, 1.82) is 0 Å². The van der Waals surface area contributed by atoms with Gasteiger partial charge in [-0.1, -0.05) is 93.5 Å². The van der Waals surface area contributed by atoms with E-state index >= 15 is 0 Å². The smallest absolute Gasteiger partial charge is 0.126 e. The molecule has 0 atom stereocenters. The van der Waals surface area contributed by atoms with Gasteiger partial charge in [0.05, 0.1) is 26.4 Å². The molecule has 4 aromatic carbocycles. The van der Waals surface area contributed by atoms with Crippen LogP contribution in [0, 0.1) is 0 Å². The lowest BCUT2D eigenvalue weighted by molar-refractivity contribution is 0.304. The van der Waals surface area contributed by atoms with Crippen LogP contribution in [-0.4, -0.2) is 26.4 Å². The summed E-state index contributed by atoms with van der Waals surface area (Å²) < 4.78 is 27.0. The van der Waals surface area contributed by atoms with E-state index in [0.29, 0.717) is 63.5 Å². The minimum Gasteiger partial charge on any atom is -0.493 e. The van der Waals surface area contributed by atoms with Crippen molar-refractivity contribution in [2.75, 3.05) is 37.9 Å². The van der Waals surface area contributed by atoms with Gasteiger partial charge in [0.1, 0.15) is 23.0 Å². The van der Waals surface area contributed by atoms with Crippen molar-refractivity contribution in [3.05, 3.63) is 104 Å². The largest absolute Gasteiger partial charge is 0.493 e. The third kappa shape index (κ3) is 9.67. The Hall–Kier alpha value is -4.32. The molecule has 5 rings (SSSR count). The maximum atomic E-state index is 6.80. The number of hydrogen-bond acceptors (Lipinski definition) is 6. The quantitative estimate of drug-likeness (QED) is 0.124. The van der Waals surface area contributed by atoms with Crippen LogP contribution in [0.4, 0.5) is 11.4 Å². The van der Waals surface area contributed by atoms with Crippen LogP contribution in [0.1, 0.15) is 151 Å². The summed E-state index contributed by atoms with van der Waals surface area (Å²) in [6.45, 7) is 24.8. The van der Waals surface area contributed by atoms with Crippen LogP contribution in [0.2, 0.25) is 0 Å². The van der Waals surface area contributed by atoms with Gasteiger partial charge in [0.2, 0.25) is 0 Å². The molecule has 4 aromatic rings. The maximum Gasteiger partial charge on any atom is 0.126 e. The van der Waals surface area contributed by atoms with Crippen molar-refractivity contribution in [2.45, 2.75) is 131 Å². The van der Waals surface area contributed by atoms with Gasteiger partial charge in [-0.2, -0.15) is 0 Å². The highest BCUT2D eigenvalue weighted by atomic mass is 16.5. The van der Waals surface area contributed by atoms with Crippen LogP contribution in [0.3, 0.4) is 0 Å². The van der Waals surface area contributed by atoms with E-state index in [-0.39, 0.29) is 10.8 Å². The summed E-state index contributed by atoms with van der Waals surface area (Å²) in [6.07, 6.45) is 6.04. The van der Waals surface area contributed by atoms with E-state index in [4.69, 9.17) is 30.4 Å². The summed E-state index contributed by atoms with van der Waals surface area (Å²) in [5.41, 5.74) is 26.0. The average Bonchev–Trinajstić information content (AvgIpc) is 3.09. The Morgan fingerprint density at radius 2 is 0.593 bits per heavy atom.